The van der Waals surface area contributed by atoms with Gasteiger partial charge in [0.1, 0.15) is 0 Å². The topological polar surface area (TPSA) is 78.7 Å². The van der Waals surface area contributed by atoms with Crippen molar-refractivity contribution in [1.82, 2.24) is 13.9 Å². The third-order valence-electron chi connectivity index (χ3n) is 3.47. The summed E-state index contributed by atoms with van der Waals surface area (Å²) >= 11 is 0. The fraction of sp³-hybridized carbons (Fsp3) is 1.00. The lowest BCUT2D eigenvalue weighted by Gasteiger charge is -2.22. The van der Waals surface area contributed by atoms with Crippen LogP contribution in [0.2, 0.25) is 0 Å². The maximum Gasteiger partial charge on any atom is 0.279 e. The average Bonchev–Trinajstić information content (AvgIpc) is 2.86. The van der Waals surface area contributed by atoms with Crippen LogP contribution in [0.1, 0.15) is 26.2 Å². The van der Waals surface area contributed by atoms with Crippen molar-refractivity contribution in [2.24, 2.45) is 11.7 Å². The first-order chi connectivity index (χ1) is 8.95. The number of hydrogen-bond donors (Lipinski definition) is 2. The smallest absolute Gasteiger partial charge is 0.279 e. The Bertz CT molecular complexity index is 342. The van der Waals surface area contributed by atoms with E-state index in [1.54, 1.807) is 7.05 Å². The lowest BCUT2D eigenvalue weighted by atomic mass is 10.2. The van der Waals surface area contributed by atoms with Gasteiger partial charge in [0.2, 0.25) is 0 Å². The highest BCUT2D eigenvalue weighted by Gasteiger charge is 2.19. The second kappa shape index (κ2) is 8.16. The maximum absolute atomic E-state index is 11.9. The second-order valence-corrected chi connectivity index (χ2v) is 7.29. The summed E-state index contributed by atoms with van der Waals surface area (Å²) in [5.41, 5.74) is 5.39. The van der Waals surface area contributed by atoms with Crippen molar-refractivity contribution in [3.05, 3.63) is 0 Å². The second-order valence-electron chi connectivity index (χ2n) is 5.43. The van der Waals surface area contributed by atoms with E-state index in [1.807, 2.05) is 0 Å². The zero-order valence-electron chi connectivity index (χ0n) is 12.1. The summed E-state index contributed by atoms with van der Waals surface area (Å²) in [6.45, 7) is 6.81. The molecule has 1 aliphatic heterocycles. The Kier molecular flexibility index (Phi) is 7.23. The van der Waals surface area contributed by atoms with E-state index in [4.69, 9.17) is 5.73 Å². The highest BCUT2D eigenvalue weighted by atomic mass is 32.2. The molecule has 114 valence electrons. The van der Waals surface area contributed by atoms with Gasteiger partial charge in [-0.05, 0) is 44.8 Å². The summed E-state index contributed by atoms with van der Waals surface area (Å²) in [5.74, 6) is 0.329. The Labute approximate surface area is 117 Å². The van der Waals surface area contributed by atoms with Gasteiger partial charge in [0.25, 0.3) is 10.2 Å². The van der Waals surface area contributed by atoms with Crippen LogP contribution in [0.15, 0.2) is 0 Å². The largest absolute Gasteiger partial charge is 0.330 e. The molecule has 0 aromatic carbocycles. The predicted octanol–water partition coefficient (Wildman–Crippen LogP) is -0.167. The van der Waals surface area contributed by atoms with Gasteiger partial charge >= 0.3 is 0 Å². The Morgan fingerprint density at radius 3 is 2.58 bits per heavy atom. The van der Waals surface area contributed by atoms with Crippen LogP contribution in [0.3, 0.4) is 0 Å². The number of nitrogens with one attached hydrogen (secondary N) is 1. The van der Waals surface area contributed by atoms with E-state index in [9.17, 15) is 8.42 Å². The van der Waals surface area contributed by atoms with Gasteiger partial charge in [-0.1, -0.05) is 6.92 Å². The number of hydrogen-bond acceptors (Lipinski definition) is 4. The van der Waals surface area contributed by atoms with E-state index >= 15 is 0 Å². The Morgan fingerprint density at radius 2 is 2.00 bits per heavy atom. The molecule has 0 bridgehead atoms. The van der Waals surface area contributed by atoms with Crippen molar-refractivity contribution in [3.63, 3.8) is 0 Å². The SMILES string of the molecule is CC(CNS(=O)(=O)N(C)CCCN)CN1CCCC1. The average molecular weight is 292 g/mol. The summed E-state index contributed by atoms with van der Waals surface area (Å²) < 4.78 is 27.9. The molecule has 1 fully saturated rings. The number of rotatable bonds is 9. The highest BCUT2D eigenvalue weighted by Crippen LogP contribution is 2.10. The quantitative estimate of drug-likeness (QED) is 0.619. The van der Waals surface area contributed by atoms with Crippen LogP contribution >= 0.6 is 0 Å². The van der Waals surface area contributed by atoms with E-state index in [1.165, 1.54) is 17.1 Å². The molecule has 1 aliphatic rings. The third kappa shape index (κ3) is 6.18. The van der Waals surface area contributed by atoms with Gasteiger partial charge in [0.15, 0.2) is 0 Å². The lowest BCUT2D eigenvalue weighted by molar-refractivity contribution is 0.287. The van der Waals surface area contributed by atoms with Crippen LogP contribution in [-0.4, -0.2) is 63.9 Å². The minimum atomic E-state index is -3.35. The van der Waals surface area contributed by atoms with Gasteiger partial charge in [-0.25, -0.2) is 4.72 Å². The molecule has 0 saturated carbocycles. The Hall–Kier alpha value is -0.210. The van der Waals surface area contributed by atoms with E-state index in [-0.39, 0.29) is 0 Å². The van der Waals surface area contributed by atoms with Crippen LogP contribution in [0.25, 0.3) is 0 Å². The fourth-order valence-electron chi connectivity index (χ4n) is 2.26. The first-order valence-electron chi connectivity index (χ1n) is 7.09. The molecule has 19 heavy (non-hydrogen) atoms. The molecule has 0 spiro atoms. The molecule has 7 heteroatoms. The molecule has 1 saturated heterocycles. The minimum absolute atomic E-state index is 0.329. The summed E-state index contributed by atoms with van der Waals surface area (Å²) in [7, 11) is -1.77. The summed E-state index contributed by atoms with van der Waals surface area (Å²) in [4.78, 5) is 2.40. The fourth-order valence-corrected chi connectivity index (χ4v) is 3.35. The molecule has 1 heterocycles. The number of nitrogens with two attached hydrogens (primary N) is 1. The monoisotopic (exact) mass is 292 g/mol. The number of nitrogens with zero attached hydrogens (tertiary/aromatic N) is 2. The molecule has 0 amide bonds. The van der Waals surface area contributed by atoms with Gasteiger partial charge in [-0.15, -0.1) is 0 Å². The highest BCUT2D eigenvalue weighted by molar-refractivity contribution is 7.87. The van der Waals surface area contributed by atoms with Crippen LogP contribution in [0, 0.1) is 5.92 Å². The molecule has 1 rings (SSSR count). The van der Waals surface area contributed by atoms with Gasteiger partial charge in [0.05, 0.1) is 0 Å². The van der Waals surface area contributed by atoms with Crippen molar-refractivity contribution >= 4 is 10.2 Å². The molecule has 0 aromatic rings. The van der Waals surface area contributed by atoms with Gasteiger partial charge in [-0.3, -0.25) is 0 Å². The number of likely N-dealkylation sites (tertiary alicyclic amines) is 1. The zero-order valence-corrected chi connectivity index (χ0v) is 13.0. The summed E-state index contributed by atoms with van der Waals surface area (Å²) in [6, 6.07) is 0. The molecular weight excluding hydrogens is 264 g/mol. The minimum Gasteiger partial charge on any atom is -0.330 e. The standard InChI is InChI=1S/C12H28N4O2S/c1-12(11-16-8-3-4-9-16)10-14-19(17,18)15(2)7-5-6-13/h12,14H,3-11,13H2,1-2H3. The van der Waals surface area contributed by atoms with Crippen molar-refractivity contribution in [2.75, 3.05) is 46.3 Å². The molecule has 1 unspecified atom stereocenters. The Balaban J connectivity index is 2.28. The normalized spacial score (nSPS) is 19.2. The molecule has 0 aromatic heterocycles. The van der Waals surface area contributed by atoms with Gasteiger partial charge in [0, 0.05) is 26.7 Å². The molecular formula is C12H28N4O2S. The van der Waals surface area contributed by atoms with Crippen molar-refractivity contribution in [2.45, 2.75) is 26.2 Å². The van der Waals surface area contributed by atoms with E-state index in [2.05, 4.69) is 16.5 Å². The molecule has 6 nitrogen and oxygen atoms in total. The first kappa shape index (κ1) is 16.8. The molecule has 0 aliphatic carbocycles. The predicted molar refractivity (Wildman–Crippen MR) is 78.1 cm³/mol. The van der Waals surface area contributed by atoms with Gasteiger partial charge in [-0.2, -0.15) is 12.7 Å². The van der Waals surface area contributed by atoms with Crippen LogP contribution in [-0.2, 0) is 10.2 Å². The van der Waals surface area contributed by atoms with E-state index in [0.717, 1.165) is 19.6 Å². The molecule has 0 radical (unpaired) electrons. The zero-order chi connectivity index (χ0) is 14.3. The molecule has 3 N–H and O–H groups in total. The lowest BCUT2D eigenvalue weighted by Crippen LogP contribution is -2.42. The van der Waals surface area contributed by atoms with E-state index in [0.29, 0.717) is 32.0 Å². The maximum atomic E-state index is 11.9. The summed E-state index contributed by atoms with van der Waals surface area (Å²) in [6.07, 6.45) is 3.21. The third-order valence-corrected chi connectivity index (χ3v) is 5.00. The van der Waals surface area contributed by atoms with Crippen molar-refractivity contribution < 1.29 is 8.42 Å². The van der Waals surface area contributed by atoms with Crippen LogP contribution < -0.4 is 10.5 Å². The first-order valence-corrected chi connectivity index (χ1v) is 8.53. The van der Waals surface area contributed by atoms with E-state index < -0.39 is 10.2 Å². The van der Waals surface area contributed by atoms with Crippen LogP contribution in [0.5, 0.6) is 0 Å². The summed E-state index contributed by atoms with van der Waals surface area (Å²) in [5, 5.41) is 0. The van der Waals surface area contributed by atoms with Crippen molar-refractivity contribution in [1.29, 1.82) is 0 Å². The van der Waals surface area contributed by atoms with Crippen molar-refractivity contribution in [3.8, 4) is 0 Å². The van der Waals surface area contributed by atoms with Crippen LogP contribution in [0.4, 0.5) is 0 Å². The Morgan fingerprint density at radius 1 is 1.37 bits per heavy atom. The van der Waals surface area contributed by atoms with Gasteiger partial charge < -0.3 is 10.6 Å². The molecule has 1 atom stereocenters.